The number of aromatic amines is 1. The highest BCUT2D eigenvalue weighted by Gasteiger charge is 2.31. The van der Waals surface area contributed by atoms with E-state index in [1.807, 2.05) is 6.20 Å². The molecule has 1 aromatic rings. The third-order valence-electron chi connectivity index (χ3n) is 6.20. The molecule has 0 spiro atoms. The summed E-state index contributed by atoms with van der Waals surface area (Å²) in [6.45, 7) is 2.91. The smallest absolute Gasteiger partial charge is 0.303 e. The van der Waals surface area contributed by atoms with E-state index in [0.29, 0.717) is 12.0 Å². The van der Waals surface area contributed by atoms with Crippen LogP contribution in [0.15, 0.2) is 6.20 Å². The number of likely N-dealkylation sites (tertiary alicyclic amines) is 1. The Kier molecular flexibility index (Phi) is 6.70. The van der Waals surface area contributed by atoms with Gasteiger partial charge in [0, 0.05) is 50.4 Å². The Bertz CT molecular complexity index is 580. The van der Waals surface area contributed by atoms with Crippen LogP contribution in [0.3, 0.4) is 0 Å². The topological polar surface area (TPSA) is 72.5 Å². The van der Waals surface area contributed by atoms with Crippen LogP contribution in [0.5, 0.6) is 0 Å². The zero-order valence-electron chi connectivity index (χ0n) is 16.3. The standard InChI is InChI=1S/C20H34N4O2/c1-23(2)18-9-10-24(13-16(18)7-8-20(25)26)14-17-12-21-19(22-17)11-15-5-3-4-6-15/h12,15-16,18H,3-11,13-14H2,1-2H3,(H,21,22)(H,25,26)/t16-,18+/m1/s1. The number of carboxylic acid groups (broad SMARTS) is 1. The largest absolute Gasteiger partial charge is 0.481 e. The third-order valence-corrected chi connectivity index (χ3v) is 6.20. The second-order valence-corrected chi connectivity index (χ2v) is 8.46. The maximum atomic E-state index is 11.0. The fraction of sp³-hybridized carbons (Fsp3) is 0.800. The van der Waals surface area contributed by atoms with Crippen molar-refractivity contribution >= 4 is 5.97 Å². The average molecular weight is 363 g/mol. The molecule has 1 aliphatic heterocycles. The van der Waals surface area contributed by atoms with E-state index in [-0.39, 0.29) is 6.42 Å². The lowest BCUT2D eigenvalue weighted by atomic mass is 9.87. The van der Waals surface area contributed by atoms with Gasteiger partial charge < -0.3 is 15.0 Å². The van der Waals surface area contributed by atoms with Gasteiger partial charge in [0.1, 0.15) is 5.82 Å². The normalized spacial score (nSPS) is 25.2. The highest BCUT2D eigenvalue weighted by molar-refractivity contribution is 5.66. The van der Waals surface area contributed by atoms with Crippen LogP contribution in [-0.2, 0) is 17.8 Å². The Hall–Kier alpha value is -1.40. The van der Waals surface area contributed by atoms with E-state index < -0.39 is 5.97 Å². The number of nitrogens with zero attached hydrogens (tertiary/aromatic N) is 3. The van der Waals surface area contributed by atoms with Gasteiger partial charge in [0.2, 0.25) is 0 Å². The van der Waals surface area contributed by atoms with Gasteiger partial charge in [-0.3, -0.25) is 9.69 Å². The molecule has 1 saturated heterocycles. The van der Waals surface area contributed by atoms with Crippen molar-refractivity contribution in [1.82, 2.24) is 19.8 Å². The summed E-state index contributed by atoms with van der Waals surface area (Å²) >= 11 is 0. The summed E-state index contributed by atoms with van der Waals surface area (Å²) in [4.78, 5) is 23.8. The summed E-state index contributed by atoms with van der Waals surface area (Å²) < 4.78 is 0. The van der Waals surface area contributed by atoms with Gasteiger partial charge in [-0.25, -0.2) is 4.98 Å². The summed E-state index contributed by atoms with van der Waals surface area (Å²) in [6, 6.07) is 0.477. The van der Waals surface area contributed by atoms with Crippen LogP contribution >= 0.6 is 0 Å². The molecular weight excluding hydrogens is 328 g/mol. The van der Waals surface area contributed by atoms with E-state index >= 15 is 0 Å². The van der Waals surface area contributed by atoms with E-state index in [4.69, 9.17) is 5.11 Å². The summed E-state index contributed by atoms with van der Waals surface area (Å²) in [5.41, 5.74) is 1.19. The van der Waals surface area contributed by atoms with Crippen molar-refractivity contribution in [3.05, 3.63) is 17.7 Å². The summed E-state index contributed by atoms with van der Waals surface area (Å²) in [5.74, 6) is 1.67. The summed E-state index contributed by atoms with van der Waals surface area (Å²) in [7, 11) is 4.22. The van der Waals surface area contributed by atoms with Crippen molar-refractivity contribution in [3.63, 3.8) is 0 Å². The molecule has 0 bridgehead atoms. The molecule has 2 fully saturated rings. The number of imidazole rings is 1. The molecule has 1 saturated carbocycles. The van der Waals surface area contributed by atoms with Gasteiger partial charge in [-0.1, -0.05) is 25.7 Å². The minimum Gasteiger partial charge on any atom is -0.481 e. The number of rotatable bonds is 8. The molecule has 0 unspecified atom stereocenters. The maximum absolute atomic E-state index is 11.0. The Morgan fingerprint density at radius 1 is 1.35 bits per heavy atom. The molecule has 3 rings (SSSR count). The number of nitrogens with one attached hydrogen (secondary N) is 1. The minimum absolute atomic E-state index is 0.262. The highest BCUT2D eigenvalue weighted by Crippen LogP contribution is 2.28. The highest BCUT2D eigenvalue weighted by atomic mass is 16.4. The van der Waals surface area contributed by atoms with Crippen molar-refractivity contribution in [2.24, 2.45) is 11.8 Å². The van der Waals surface area contributed by atoms with Crippen molar-refractivity contribution in [1.29, 1.82) is 0 Å². The number of hydrogen-bond donors (Lipinski definition) is 2. The minimum atomic E-state index is -0.690. The van der Waals surface area contributed by atoms with Crippen molar-refractivity contribution < 1.29 is 9.90 Å². The molecule has 0 aromatic carbocycles. The Morgan fingerprint density at radius 3 is 2.81 bits per heavy atom. The number of aromatic nitrogens is 2. The number of aliphatic carboxylic acids is 1. The second-order valence-electron chi connectivity index (χ2n) is 8.46. The summed E-state index contributed by atoms with van der Waals surface area (Å²) in [5, 5.41) is 9.05. The van der Waals surface area contributed by atoms with Gasteiger partial charge in [-0.2, -0.15) is 0 Å². The van der Waals surface area contributed by atoms with Gasteiger partial charge >= 0.3 is 5.97 Å². The number of carbonyl (C=O) groups is 1. The number of carboxylic acids is 1. The Balaban J connectivity index is 1.54. The first-order chi connectivity index (χ1) is 12.5. The molecule has 6 nitrogen and oxygen atoms in total. The average Bonchev–Trinajstić information content (AvgIpc) is 3.25. The van der Waals surface area contributed by atoms with Crippen LogP contribution in [0, 0.1) is 11.8 Å². The SMILES string of the molecule is CN(C)[C@H]1CCN(Cc2cnc(CC3CCCC3)[nH]2)C[C@H]1CCC(=O)O. The molecule has 2 aliphatic rings. The van der Waals surface area contributed by atoms with Crippen LogP contribution in [0.1, 0.15) is 56.5 Å². The molecule has 1 aromatic heterocycles. The lowest BCUT2D eigenvalue weighted by Crippen LogP contribution is -2.48. The van der Waals surface area contributed by atoms with Crippen LogP contribution < -0.4 is 0 Å². The first-order valence-electron chi connectivity index (χ1n) is 10.1. The third kappa shape index (κ3) is 5.30. The van der Waals surface area contributed by atoms with Crippen LogP contribution in [0.2, 0.25) is 0 Å². The van der Waals surface area contributed by atoms with E-state index in [2.05, 4.69) is 33.9 Å². The van der Waals surface area contributed by atoms with E-state index in [9.17, 15) is 4.79 Å². The van der Waals surface area contributed by atoms with Crippen LogP contribution in [0.4, 0.5) is 0 Å². The predicted octanol–water partition coefficient (Wildman–Crippen LogP) is 2.76. The Morgan fingerprint density at radius 2 is 2.12 bits per heavy atom. The number of piperidine rings is 1. The van der Waals surface area contributed by atoms with Gasteiger partial charge in [-0.05, 0) is 38.8 Å². The molecule has 0 amide bonds. The molecule has 2 atom stereocenters. The van der Waals surface area contributed by atoms with Crippen LogP contribution in [0.25, 0.3) is 0 Å². The predicted molar refractivity (Wildman–Crippen MR) is 102 cm³/mol. The van der Waals surface area contributed by atoms with Gasteiger partial charge in [0.05, 0.1) is 0 Å². The molecule has 0 radical (unpaired) electrons. The second kappa shape index (κ2) is 9.00. The molecular formula is C20H34N4O2. The van der Waals surface area contributed by atoms with Crippen molar-refractivity contribution in [3.8, 4) is 0 Å². The monoisotopic (exact) mass is 362 g/mol. The molecule has 26 heavy (non-hydrogen) atoms. The zero-order valence-corrected chi connectivity index (χ0v) is 16.3. The van der Waals surface area contributed by atoms with Gasteiger partial charge in [-0.15, -0.1) is 0 Å². The molecule has 6 heteroatoms. The van der Waals surface area contributed by atoms with Crippen molar-refractivity contribution in [2.45, 2.75) is 64.0 Å². The fourth-order valence-corrected chi connectivity index (χ4v) is 4.83. The van der Waals surface area contributed by atoms with E-state index in [1.165, 1.54) is 31.4 Å². The summed E-state index contributed by atoms with van der Waals surface area (Å²) in [6.07, 6.45) is 10.6. The van der Waals surface area contributed by atoms with Crippen LogP contribution in [-0.4, -0.2) is 64.1 Å². The molecule has 2 N–H and O–H groups in total. The lowest BCUT2D eigenvalue weighted by Gasteiger charge is -2.41. The number of hydrogen-bond acceptors (Lipinski definition) is 4. The van der Waals surface area contributed by atoms with Crippen molar-refractivity contribution in [2.75, 3.05) is 27.2 Å². The van der Waals surface area contributed by atoms with Gasteiger partial charge in [0.15, 0.2) is 0 Å². The Labute approximate surface area is 157 Å². The zero-order chi connectivity index (χ0) is 18.5. The van der Waals surface area contributed by atoms with Gasteiger partial charge in [0.25, 0.3) is 0 Å². The van der Waals surface area contributed by atoms with E-state index in [1.54, 1.807) is 0 Å². The molecule has 146 valence electrons. The lowest BCUT2D eigenvalue weighted by molar-refractivity contribution is -0.137. The first kappa shape index (κ1) is 19.4. The first-order valence-corrected chi connectivity index (χ1v) is 10.1. The number of H-pyrrole nitrogens is 1. The quantitative estimate of drug-likeness (QED) is 0.744. The molecule has 2 heterocycles. The van der Waals surface area contributed by atoms with E-state index in [0.717, 1.165) is 50.6 Å². The maximum Gasteiger partial charge on any atom is 0.303 e. The molecule has 1 aliphatic carbocycles. The fourth-order valence-electron chi connectivity index (χ4n) is 4.83.